The number of aryl methyl sites for hydroxylation is 1. The van der Waals surface area contributed by atoms with E-state index in [0.717, 1.165) is 0 Å². The van der Waals surface area contributed by atoms with E-state index >= 15 is 0 Å². The van der Waals surface area contributed by atoms with E-state index in [-0.39, 0.29) is 5.56 Å². The summed E-state index contributed by atoms with van der Waals surface area (Å²) in [6, 6.07) is 6.95. The first kappa shape index (κ1) is 12.9. The molecule has 0 aliphatic heterocycles. The first-order valence-corrected chi connectivity index (χ1v) is 5.61. The number of hydrogen-bond donors (Lipinski definition) is 1. The normalized spacial score (nSPS) is 10.2. The van der Waals surface area contributed by atoms with Crippen molar-refractivity contribution in [1.82, 2.24) is 4.57 Å². The van der Waals surface area contributed by atoms with E-state index in [9.17, 15) is 9.59 Å². The van der Waals surface area contributed by atoms with Gasteiger partial charge in [0, 0.05) is 25.0 Å². The number of aromatic nitrogens is 1. The second kappa shape index (κ2) is 4.97. The van der Waals surface area contributed by atoms with Gasteiger partial charge in [-0.05, 0) is 17.7 Å². The second-order valence-corrected chi connectivity index (χ2v) is 4.12. The quantitative estimate of drug-likeness (QED) is 0.911. The molecule has 2 rings (SSSR count). The van der Waals surface area contributed by atoms with E-state index < -0.39 is 11.4 Å². The highest BCUT2D eigenvalue weighted by atomic mass is 16.5. The van der Waals surface area contributed by atoms with E-state index in [0.29, 0.717) is 16.9 Å². The summed E-state index contributed by atoms with van der Waals surface area (Å²) in [6.45, 7) is 0. The van der Waals surface area contributed by atoms with Crippen LogP contribution < -0.4 is 10.2 Å². The molecule has 1 N–H and O–H groups in total. The van der Waals surface area contributed by atoms with Gasteiger partial charge >= 0.3 is 5.97 Å². The summed E-state index contributed by atoms with van der Waals surface area (Å²) in [4.78, 5) is 23.2. The van der Waals surface area contributed by atoms with Crippen LogP contribution >= 0.6 is 0 Å². The Morgan fingerprint density at radius 1 is 1.32 bits per heavy atom. The van der Waals surface area contributed by atoms with Crippen LogP contribution in [0.5, 0.6) is 5.75 Å². The highest BCUT2D eigenvalue weighted by Crippen LogP contribution is 2.21. The lowest BCUT2D eigenvalue weighted by atomic mass is 10.0. The Kier molecular flexibility index (Phi) is 3.37. The zero-order valence-corrected chi connectivity index (χ0v) is 10.6. The molecule has 1 heterocycles. The molecule has 0 unspecified atom stereocenters. The molecule has 0 radical (unpaired) electrons. The van der Waals surface area contributed by atoms with E-state index in [1.165, 1.54) is 13.3 Å². The molecular weight excluding hydrogens is 246 g/mol. The summed E-state index contributed by atoms with van der Waals surface area (Å²) < 4.78 is 6.65. The number of rotatable bonds is 3. The Labute approximate surface area is 109 Å². The maximum Gasteiger partial charge on any atom is 0.341 e. The minimum Gasteiger partial charge on any atom is -0.497 e. The van der Waals surface area contributed by atoms with Crippen molar-refractivity contribution >= 4 is 5.97 Å². The molecule has 5 nitrogen and oxygen atoms in total. The van der Waals surface area contributed by atoms with Crippen molar-refractivity contribution in [3.05, 3.63) is 52.4 Å². The Morgan fingerprint density at radius 2 is 2.05 bits per heavy atom. The number of hydrogen-bond acceptors (Lipinski definition) is 3. The number of carboxylic acid groups (broad SMARTS) is 1. The molecule has 19 heavy (non-hydrogen) atoms. The molecule has 1 aromatic carbocycles. The molecule has 2 aromatic rings. The van der Waals surface area contributed by atoms with E-state index in [1.54, 1.807) is 42.1 Å². The summed E-state index contributed by atoms with van der Waals surface area (Å²) in [6.07, 6.45) is 2.90. The van der Waals surface area contributed by atoms with Gasteiger partial charge in [0.25, 0.3) is 0 Å². The van der Waals surface area contributed by atoms with Crippen LogP contribution in [-0.2, 0) is 7.05 Å². The number of methoxy groups -OCH3 is 1. The van der Waals surface area contributed by atoms with Gasteiger partial charge in [0.2, 0.25) is 5.43 Å². The average Bonchev–Trinajstić information content (AvgIpc) is 2.40. The van der Waals surface area contributed by atoms with Crippen molar-refractivity contribution in [2.24, 2.45) is 7.05 Å². The van der Waals surface area contributed by atoms with Crippen molar-refractivity contribution < 1.29 is 14.6 Å². The van der Waals surface area contributed by atoms with Crippen LogP contribution in [0.4, 0.5) is 0 Å². The molecule has 0 fully saturated rings. The zero-order chi connectivity index (χ0) is 14.0. The molecule has 0 saturated carbocycles. The number of nitrogens with zero attached hydrogens (tertiary/aromatic N) is 1. The van der Waals surface area contributed by atoms with E-state index in [4.69, 9.17) is 9.84 Å². The fourth-order valence-corrected chi connectivity index (χ4v) is 1.86. The molecule has 5 heteroatoms. The predicted molar refractivity (Wildman–Crippen MR) is 70.6 cm³/mol. The van der Waals surface area contributed by atoms with E-state index in [2.05, 4.69) is 0 Å². The summed E-state index contributed by atoms with van der Waals surface area (Å²) in [7, 11) is 3.21. The van der Waals surface area contributed by atoms with Gasteiger partial charge in [0.05, 0.1) is 7.11 Å². The molecule has 1 aromatic heterocycles. The van der Waals surface area contributed by atoms with Crippen LogP contribution in [0.2, 0.25) is 0 Å². The minimum absolute atomic E-state index is 0.247. The maximum absolute atomic E-state index is 12.1. The topological polar surface area (TPSA) is 68.5 Å². The monoisotopic (exact) mass is 259 g/mol. The molecule has 98 valence electrons. The largest absolute Gasteiger partial charge is 0.497 e. The Balaban J connectivity index is 2.68. The van der Waals surface area contributed by atoms with Crippen LogP contribution in [-0.4, -0.2) is 22.8 Å². The molecule has 0 bridgehead atoms. The Hall–Kier alpha value is -2.56. The maximum atomic E-state index is 12.1. The van der Waals surface area contributed by atoms with Crippen LogP contribution in [0.1, 0.15) is 10.4 Å². The van der Waals surface area contributed by atoms with Gasteiger partial charge in [0.15, 0.2) is 0 Å². The molecule has 0 atom stereocenters. The fraction of sp³-hybridized carbons (Fsp3) is 0.143. The van der Waals surface area contributed by atoms with Crippen LogP contribution in [0.3, 0.4) is 0 Å². The summed E-state index contributed by atoms with van der Waals surface area (Å²) >= 11 is 0. The van der Waals surface area contributed by atoms with Crippen molar-refractivity contribution in [3.8, 4) is 16.9 Å². The SMILES string of the molecule is COc1cccc(-c2cn(C)cc(C(=O)O)c2=O)c1. The zero-order valence-electron chi connectivity index (χ0n) is 10.6. The first-order valence-electron chi connectivity index (χ1n) is 5.61. The highest BCUT2D eigenvalue weighted by Gasteiger charge is 2.14. The predicted octanol–water partition coefficient (Wildman–Crippen LogP) is 1.76. The number of carboxylic acids is 1. The lowest BCUT2D eigenvalue weighted by molar-refractivity contribution is 0.0694. The number of carbonyl (C=O) groups is 1. The van der Waals surface area contributed by atoms with Gasteiger partial charge in [-0.2, -0.15) is 0 Å². The third-order valence-corrected chi connectivity index (χ3v) is 2.77. The smallest absolute Gasteiger partial charge is 0.341 e. The lowest BCUT2D eigenvalue weighted by Gasteiger charge is -2.07. The van der Waals surface area contributed by atoms with Gasteiger partial charge < -0.3 is 14.4 Å². The van der Waals surface area contributed by atoms with Gasteiger partial charge in [0.1, 0.15) is 11.3 Å². The number of aromatic carboxylic acids is 1. The van der Waals surface area contributed by atoms with Crippen LogP contribution in [0.25, 0.3) is 11.1 Å². The molecule has 0 aliphatic rings. The van der Waals surface area contributed by atoms with Crippen LogP contribution in [0, 0.1) is 0 Å². The molecule has 0 aliphatic carbocycles. The third-order valence-electron chi connectivity index (χ3n) is 2.77. The fourth-order valence-electron chi connectivity index (χ4n) is 1.86. The highest BCUT2D eigenvalue weighted by molar-refractivity contribution is 5.88. The summed E-state index contributed by atoms with van der Waals surface area (Å²) in [5.41, 5.74) is 0.214. The van der Waals surface area contributed by atoms with Gasteiger partial charge in [-0.3, -0.25) is 4.79 Å². The first-order chi connectivity index (χ1) is 9.02. The second-order valence-electron chi connectivity index (χ2n) is 4.12. The molecule has 0 saturated heterocycles. The number of pyridine rings is 1. The van der Waals surface area contributed by atoms with Crippen LogP contribution in [0.15, 0.2) is 41.5 Å². The minimum atomic E-state index is -1.23. The standard InChI is InChI=1S/C14H13NO4/c1-15-7-11(13(16)12(8-15)14(17)18)9-4-3-5-10(6-9)19-2/h3-8H,1-2H3,(H,17,18). The summed E-state index contributed by atoms with van der Waals surface area (Å²) in [5.74, 6) is -0.620. The molecule has 0 amide bonds. The lowest BCUT2D eigenvalue weighted by Crippen LogP contribution is -2.18. The van der Waals surface area contributed by atoms with Crippen molar-refractivity contribution in [1.29, 1.82) is 0 Å². The molecular formula is C14H13NO4. The Bertz CT molecular complexity index is 688. The van der Waals surface area contributed by atoms with E-state index in [1.807, 2.05) is 0 Å². The van der Waals surface area contributed by atoms with Gasteiger partial charge in [-0.1, -0.05) is 12.1 Å². The number of ether oxygens (including phenoxy) is 1. The van der Waals surface area contributed by atoms with Crippen molar-refractivity contribution in [2.45, 2.75) is 0 Å². The average molecular weight is 259 g/mol. The van der Waals surface area contributed by atoms with Crippen molar-refractivity contribution in [2.75, 3.05) is 7.11 Å². The van der Waals surface area contributed by atoms with Gasteiger partial charge in [-0.25, -0.2) is 4.79 Å². The van der Waals surface area contributed by atoms with Gasteiger partial charge in [-0.15, -0.1) is 0 Å². The molecule has 0 spiro atoms. The third kappa shape index (κ3) is 2.49. The number of benzene rings is 1. The summed E-state index contributed by atoms with van der Waals surface area (Å²) in [5, 5.41) is 9.02. The van der Waals surface area contributed by atoms with Crippen molar-refractivity contribution in [3.63, 3.8) is 0 Å². The Morgan fingerprint density at radius 3 is 2.68 bits per heavy atom.